The van der Waals surface area contributed by atoms with Gasteiger partial charge in [0.25, 0.3) is 0 Å². The van der Waals surface area contributed by atoms with E-state index in [-0.39, 0.29) is 37.0 Å². The minimum absolute atomic E-state index is 0.0191. The summed E-state index contributed by atoms with van der Waals surface area (Å²) in [7, 11) is 0. The molecule has 0 aromatic carbocycles. The predicted molar refractivity (Wildman–Crippen MR) is 93.1 cm³/mol. The maximum Gasteiger partial charge on any atom is 0.306 e. The zero-order valence-electron chi connectivity index (χ0n) is 15.9. The Morgan fingerprint density at radius 1 is 0.739 bits per heavy atom. The SMILES string of the molecule is CCCC(OC(=O)CCCC(=O)OC(CCC)C(C)C)C(C)C. The van der Waals surface area contributed by atoms with E-state index >= 15 is 0 Å². The molecule has 0 bridgehead atoms. The minimum Gasteiger partial charge on any atom is -0.462 e. The van der Waals surface area contributed by atoms with Crippen molar-refractivity contribution in [2.45, 2.75) is 98.7 Å². The monoisotopic (exact) mass is 328 g/mol. The van der Waals surface area contributed by atoms with Crippen LogP contribution in [0, 0.1) is 11.8 Å². The molecule has 0 fully saturated rings. The van der Waals surface area contributed by atoms with Crippen LogP contribution in [0.3, 0.4) is 0 Å². The lowest BCUT2D eigenvalue weighted by Crippen LogP contribution is -2.24. The van der Waals surface area contributed by atoms with Crippen molar-refractivity contribution in [2.75, 3.05) is 0 Å². The lowest BCUT2D eigenvalue weighted by atomic mass is 10.0. The maximum absolute atomic E-state index is 11.9. The van der Waals surface area contributed by atoms with Gasteiger partial charge in [0.15, 0.2) is 0 Å². The summed E-state index contributed by atoms with van der Waals surface area (Å²) in [6.45, 7) is 12.4. The number of hydrogen-bond donors (Lipinski definition) is 0. The van der Waals surface area contributed by atoms with Gasteiger partial charge in [0.2, 0.25) is 0 Å². The maximum atomic E-state index is 11.9. The molecular weight excluding hydrogens is 292 g/mol. The Morgan fingerprint density at radius 3 is 1.35 bits per heavy atom. The summed E-state index contributed by atoms with van der Waals surface area (Å²) in [5, 5.41) is 0. The highest BCUT2D eigenvalue weighted by atomic mass is 16.5. The summed E-state index contributed by atoms with van der Waals surface area (Å²) >= 11 is 0. The number of carbonyl (C=O) groups is 2. The molecule has 0 aromatic heterocycles. The van der Waals surface area contributed by atoms with Gasteiger partial charge in [0.05, 0.1) is 0 Å². The van der Waals surface area contributed by atoms with Crippen molar-refractivity contribution in [1.82, 2.24) is 0 Å². The lowest BCUT2D eigenvalue weighted by molar-refractivity contribution is -0.153. The minimum atomic E-state index is -0.209. The quantitative estimate of drug-likeness (QED) is 0.478. The van der Waals surface area contributed by atoms with E-state index in [1.165, 1.54) is 0 Å². The molecule has 0 aromatic rings. The summed E-state index contributed by atoms with van der Waals surface area (Å²) in [6, 6.07) is 0. The molecule has 0 saturated carbocycles. The molecule has 0 saturated heterocycles. The molecule has 0 aliphatic carbocycles. The van der Waals surface area contributed by atoms with E-state index in [0.29, 0.717) is 18.3 Å². The van der Waals surface area contributed by atoms with Crippen LogP contribution in [0.4, 0.5) is 0 Å². The molecule has 4 heteroatoms. The summed E-state index contributed by atoms with van der Waals surface area (Å²) < 4.78 is 11.0. The molecule has 0 spiro atoms. The lowest BCUT2D eigenvalue weighted by Gasteiger charge is -2.21. The van der Waals surface area contributed by atoms with Gasteiger partial charge >= 0.3 is 11.9 Å². The highest BCUT2D eigenvalue weighted by Gasteiger charge is 2.19. The van der Waals surface area contributed by atoms with Gasteiger partial charge in [-0.1, -0.05) is 54.4 Å². The van der Waals surface area contributed by atoms with Crippen LogP contribution in [0.1, 0.15) is 86.5 Å². The van der Waals surface area contributed by atoms with E-state index in [9.17, 15) is 9.59 Å². The summed E-state index contributed by atoms with van der Waals surface area (Å²) in [4.78, 5) is 23.7. The standard InChI is InChI=1S/C19H36O4/c1-7-10-16(14(3)4)22-18(20)12-9-13-19(21)23-17(11-8-2)15(5)6/h14-17H,7-13H2,1-6H3. The molecule has 0 aliphatic heterocycles. The molecular formula is C19H36O4. The van der Waals surface area contributed by atoms with E-state index in [4.69, 9.17) is 9.47 Å². The molecule has 0 amide bonds. The first-order chi connectivity index (χ1) is 10.8. The Bertz CT molecular complexity index is 304. The Labute approximate surface area is 142 Å². The van der Waals surface area contributed by atoms with E-state index in [1.54, 1.807) is 0 Å². The molecule has 23 heavy (non-hydrogen) atoms. The fourth-order valence-electron chi connectivity index (χ4n) is 2.46. The van der Waals surface area contributed by atoms with Crippen molar-refractivity contribution in [3.8, 4) is 0 Å². The third kappa shape index (κ3) is 10.4. The molecule has 2 unspecified atom stereocenters. The Kier molecular flexibility index (Phi) is 11.8. The van der Waals surface area contributed by atoms with Crippen LogP contribution in [-0.4, -0.2) is 24.1 Å². The normalized spacial score (nSPS) is 13.9. The first-order valence-corrected chi connectivity index (χ1v) is 9.20. The van der Waals surface area contributed by atoms with Crippen LogP contribution in [0.15, 0.2) is 0 Å². The van der Waals surface area contributed by atoms with Crippen LogP contribution >= 0.6 is 0 Å². The summed E-state index contributed by atoms with van der Waals surface area (Å²) in [5.74, 6) is 0.229. The Morgan fingerprint density at radius 2 is 1.09 bits per heavy atom. The molecule has 0 N–H and O–H groups in total. The molecule has 136 valence electrons. The van der Waals surface area contributed by atoms with Crippen LogP contribution in [0.5, 0.6) is 0 Å². The second-order valence-corrected chi connectivity index (χ2v) is 6.98. The Balaban J connectivity index is 4.08. The fraction of sp³-hybridized carbons (Fsp3) is 0.895. The topological polar surface area (TPSA) is 52.6 Å². The molecule has 2 atom stereocenters. The smallest absolute Gasteiger partial charge is 0.306 e. The van der Waals surface area contributed by atoms with Gasteiger partial charge in [-0.05, 0) is 31.1 Å². The third-order valence-corrected chi connectivity index (χ3v) is 3.96. The molecule has 0 heterocycles. The van der Waals surface area contributed by atoms with Gasteiger partial charge in [0.1, 0.15) is 12.2 Å². The van der Waals surface area contributed by atoms with Crippen molar-refractivity contribution < 1.29 is 19.1 Å². The zero-order valence-corrected chi connectivity index (χ0v) is 15.9. The van der Waals surface area contributed by atoms with Gasteiger partial charge in [-0.25, -0.2) is 0 Å². The van der Waals surface area contributed by atoms with Gasteiger partial charge in [-0.3, -0.25) is 9.59 Å². The van der Waals surface area contributed by atoms with E-state index < -0.39 is 0 Å². The number of carbonyl (C=O) groups excluding carboxylic acids is 2. The second kappa shape index (κ2) is 12.4. The second-order valence-electron chi connectivity index (χ2n) is 6.98. The van der Waals surface area contributed by atoms with Crippen molar-refractivity contribution in [1.29, 1.82) is 0 Å². The van der Waals surface area contributed by atoms with E-state index in [2.05, 4.69) is 41.5 Å². The van der Waals surface area contributed by atoms with Gasteiger partial charge in [-0.15, -0.1) is 0 Å². The largest absolute Gasteiger partial charge is 0.462 e. The average Bonchev–Trinajstić information content (AvgIpc) is 2.46. The zero-order chi connectivity index (χ0) is 17.8. The van der Waals surface area contributed by atoms with Crippen LogP contribution in [0.25, 0.3) is 0 Å². The fourth-order valence-corrected chi connectivity index (χ4v) is 2.46. The van der Waals surface area contributed by atoms with Crippen LogP contribution in [0.2, 0.25) is 0 Å². The van der Waals surface area contributed by atoms with Crippen LogP contribution in [-0.2, 0) is 19.1 Å². The van der Waals surface area contributed by atoms with Crippen molar-refractivity contribution in [2.24, 2.45) is 11.8 Å². The third-order valence-electron chi connectivity index (χ3n) is 3.96. The van der Waals surface area contributed by atoms with Gasteiger partial charge in [-0.2, -0.15) is 0 Å². The Hall–Kier alpha value is -1.06. The first kappa shape index (κ1) is 21.9. The van der Waals surface area contributed by atoms with Crippen LogP contribution < -0.4 is 0 Å². The number of rotatable bonds is 12. The molecule has 4 nitrogen and oxygen atoms in total. The van der Waals surface area contributed by atoms with Gasteiger partial charge < -0.3 is 9.47 Å². The number of hydrogen-bond acceptors (Lipinski definition) is 4. The van der Waals surface area contributed by atoms with Crippen molar-refractivity contribution >= 4 is 11.9 Å². The number of esters is 2. The molecule has 0 aliphatic rings. The number of ether oxygens (including phenoxy) is 2. The molecule has 0 radical (unpaired) electrons. The summed E-state index contributed by atoms with van der Waals surface area (Å²) in [5.41, 5.74) is 0. The van der Waals surface area contributed by atoms with E-state index in [0.717, 1.165) is 25.7 Å². The van der Waals surface area contributed by atoms with Gasteiger partial charge in [0, 0.05) is 12.8 Å². The molecule has 0 rings (SSSR count). The average molecular weight is 328 g/mol. The highest BCUT2D eigenvalue weighted by Crippen LogP contribution is 2.16. The van der Waals surface area contributed by atoms with Crippen molar-refractivity contribution in [3.05, 3.63) is 0 Å². The first-order valence-electron chi connectivity index (χ1n) is 9.20. The summed E-state index contributed by atoms with van der Waals surface area (Å²) in [6.07, 6.45) is 4.78. The predicted octanol–water partition coefficient (Wildman–Crippen LogP) is 4.89. The van der Waals surface area contributed by atoms with Crippen molar-refractivity contribution in [3.63, 3.8) is 0 Å². The van der Waals surface area contributed by atoms with E-state index in [1.807, 2.05) is 0 Å². The highest BCUT2D eigenvalue weighted by molar-refractivity contribution is 5.72.